The first-order valence-corrected chi connectivity index (χ1v) is 7.33. The molecule has 0 atom stereocenters. The molecular formula is C16H14N2O2S. The molecule has 0 radical (unpaired) electrons. The smallest absolute Gasteiger partial charge is 0.276 e. The van der Waals surface area contributed by atoms with E-state index in [4.69, 9.17) is 4.74 Å². The number of benzene rings is 1. The molecule has 106 valence electrons. The van der Waals surface area contributed by atoms with Crippen LogP contribution in [-0.4, -0.2) is 30.8 Å². The van der Waals surface area contributed by atoms with Crippen molar-refractivity contribution in [1.29, 1.82) is 0 Å². The lowest BCUT2D eigenvalue weighted by atomic mass is 10.0. The van der Waals surface area contributed by atoms with Crippen LogP contribution in [0.2, 0.25) is 0 Å². The Morgan fingerprint density at radius 3 is 2.62 bits per heavy atom. The number of nitrogens with zero attached hydrogens (tertiary/aromatic N) is 2. The van der Waals surface area contributed by atoms with Crippen molar-refractivity contribution in [2.45, 2.75) is 0 Å². The molecule has 1 aromatic heterocycles. The molecule has 1 amide bonds. The highest BCUT2D eigenvalue weighted by Crippen LogP contribution is 2.24. The van der Waals surface area contributed by atoms with E-state index in [9.17, 15) is 4.79 Å². The van der Waals surface area contributed by atoms with Crippen molar-refractivity contribution in [3.8, 4) is 5.75 Å². The second-order valence-electron chi connectivity index (χ2n) is 4.58. The lowest BCUT2D eigenvalue weighted by Gasteiger charge is -2.03. The number of ether oxygens (including phenoxy) is 1. The van der Waals surface area contributed by atoms with E-state index < -0.39 is 0 Å². The number of hydrogen-bond acceptors (Lipinski definition) is 4. The van der Waals surface area contributed by atoms with E-state index in [1.54, 1.807) is 25.5 Å². The zero-order valence-corrected chi connectivity index (χ0v) is 12.6. The third kappa shape index (κ3) is 2.60. The van der Waals surface area contributed by atoms with Crippen LogP contribution in [0.1, 0.15) is 10.4 Å². The second-order valence-corrected chi connectivity index (χ2v) is 5.56. The Balaban J connectivity index is 2.01. The van der Waals surface area contributed by atoms with Gasteiger partial charge in [-0.25, -0.2) is 5.01 Å². The highest BCUT2D eigenvalue weighted by molar-refractivity contribution is 7.10. The average molecular weight is 298 g/mol. The molecule has 0 unspecified atom stereocenters. The van der Waals surface area contributed by atoms with E-state index >= 15 is 0 Å². The lowest BCUT2D eigenvalue weighted by Crippen LogP contribution is -2.16. The minimum absolute atomic E-state index is 0.0887. The van der Waals surface area contributed by atoms with Gasteiger partial charge in [-0.3, -0.25) is 4.79 Å². The number of methoxy groups -OCH3 is 1. The summed E-state index contributed by atoms with van der Waals surface area (Å²) in [6.07, 6.45) is 1.89. The van der Waals surface area contributed by atoms with Gasteiger partial charge in [-0.05, 0) is 41.8 Å². The minimum atomic E-state index is -0.0887. The summed E-state index contributed by atoms with van der Waals surface area (Å²) in [5, 5.41) is 7.71. The van der Waals surface area contributed by atoms with Crippen LogP contribution in [0.3, 0.4) is 0 Å². The molecular weight excluding hydrogens is 284 g/mol. The van der Waals surface area contributed by atoms with Gasteiger partial charge in [0, 0.05) is 17.5 Å². The maximum atomic E-state index is 12.3. The lowest BCUT2D eigenvalue weighted by molar-refractivity contribution is -0.124. The third-order valence-electron chi connectivity index (χ3n) is 3.22. The predicted octanol–water partition coefficient (Wildman–Crippen LogP) is 3.02. The van der Waals surface area contributed by atoms with E-state index in [2.05, 4.69) is 5.10 Å². The summed E-state index contributed by atoms with van der Waals surface area (Å²) >= 11 is 1.59. The SMILES string of the molecule is COc1ccc(C2=NN(C)C(=O)C2=Cc2cccs2)cc1. The van der Waals surface area contributed by atoms with Gasteiger partial charge in [-0.2, -0.15) is 5.10 Å². The monoisotopic (exact) mass is 298 g/mol. The van der Waals surface area contributed by atoms with Gasteiger partial charge < -0.3 is 4.74 Å². The van der Waals surface area contributed by atoms with Crippen molar-refractivity contribution in [2.75, 3.05) is 14.2 Å². The first kappa shape index (κ1) is 13.6. The topological polar surface area (TPSA) is 41.9 Å². The van der Waals surface area contributed by atoms with Crippen molar-refractivity contribution in [1.82, 2.24) is 5.01 Å². The van der Waals surface area contributed by atoms with E-state index in [0.29, 0.717) is 11.3 Å². The molecule has 0 saturated heterocycles. The van der Waals surface area contributed by atoms with E-state index in [-0.39, 0.29) is 5.91 Å². The molecule has 1 aliphatic heterocycles. The molecule has 0 fully saturated rings. The van der Waals surface area contributed by atoms with Gasteiger partial charge in [0.15, 0.2) is 0 Å². The Bertz CT molecular complexity index is 715. The average Bonchev–Trinajstić information content (AvgIpc) is 3.11. The summed E-state index contributed by atoms with van der Waals surface area (Å²) in [5.41, 5.74) is 2.21. The Kier molecular flexibility index (Phi) is 3.58. The molecule has 21 heavy (non-hydrogen) atoms. The van der Waals surface area contributed by atoms with Gasteiger partial charge in [-0.1, -0.05) is 6.07 Å². The van der Waals surface area contributed by atoms with Crippen molar-refractivity contribution in [3.63, 3.8) is 0 Å². The van der Waals surface area contributed by atoms with Crippen LogP contribution in [0.4, 0.5) is 0 Å². The molecule has 4 nitrogen and oxygen atoms in total. The van der Waals surface area contributed by atoms with E-state index in [1.807, 2.05) is 47.9 Å². The van der Waals surface area contributed by atoms with Crippen molar-refractivity contribution >= 4 is 29.0 Å². The van der Waals surface area contributed by atoms with Crippen molar-refractivity contribution < 1.29 is 9.53 Å². The highest BCUT2D eigenvalue weighted by Gasteiger charge is 2.28. The molecule has 0 aliphatic carbocycles. The normalized spacial score (nSPS) is 16.5. The van der Waals surface area contributed by atoms with Gasteiger partial charge in [-0.15, -0.1) is 11.3 Å². The first-order chi connectivity index (χ1) is 10.2. The number of hydrogen-bond donors (Lipinski definition) is 0. The summed E-state index contributed by atoms with van der Waals surface area (Å²) in [7, 11) is 3.29. The van der Waals surface area contributed by atoms with Gasteiger partial charge in [0.25, 0.3) is 5.91 Å². The van der Waals surface area contributed by atoms with Gasteiger partial charge in [0.2, 0.25) is 0 Å². The number of carbonyl (C=O) groups excluding carboxylic acids is 1. The molecule has 5 heteroatoms. The van der Waals surface area contributed by atoms with Crippen LogP contribution >= 0.6 is 11.3 Å². The fraction of sp³-hybridized carbons (Fsp3) is 0.125. The molecule has 2 heterocycles. The quantitative estimate of drug-likeness (QED) is 0.817. The molecule has 0 spiro atoms. The van der Waals surface area contributed by atoms with Crippen LogP contribution < -0.4 is 4.74 Å². The number of thiophene rings is 1. The first-order valence-electron chi connectivity index (χ1n) is 6.45. The molecule has 0 saturated carbocycles. The summed E-state index contributed by atoms with van der Waals surface area (Å²) in [4.78, 5) is 13.3. The molecule has 2 aromatic rings. The molecule has 1 aliphatic rings. The van der Waals surface area contributed by atoms with Crippen molar-refractivity contribution in [2.24, 2.45) is 5.10 Å². The van der Waals surface area contributed by atoms with Crippen LogP contribution in [0.5, 0.6) is 5.75 Å². The number of hydrazone groups is 1. The Morgan fingerprint density at radius 1 is 1.24 bits per heavy atom. The van der Waals surface area contributed by atoms with Crippen LogP contribution in [0.15, 0.2) is 52.5 Å². The fourth-order valence-electron chi connectivity index (χ4n) is 2.13. The Labute approximate surface area is 127 Å². The predicted molar refractivity (Wildman–Crippen MR) is 84.6 cm³/mol. The standard InChI is InChI=1S/C16H14N2O2S/c1-18-16(19)14(10-13-4-3-9-21-13)15(17-18)11-5-7-12(20-2)8-6-11/h3-10H,1-2H3. The van der Waals surface area contributed by atoms with Crippen LogP contribution in [0, 0.1) is 0 Å². The third-order valence-corrected chi connectivity index (χ3v) is 4.04. The number of likely N-dealkylation sites (N-methyl/N-ethyl adjacent to an activating group) is 1. The zero-order chi connectivity index (χ0) is 14.8. The number of carbonyl (C=O) groups is 1. The van der Waals surface area contributed by atoms with Crippen LogP contribution in [-0.2, 0) is 4.79 Å². The van der Waals surface area contributed by atoms with Gasteiger partial charge in [0.1, 0.15) is 11.5 Å². The largest absolute Gasteiger partial charge is 0.497 e. The maximum absolute atomic E-state index is 12.3. The minimum Gasteiger partial charge on any atom is -0.497 e. The molecule has 0 N–H and O–H groups in total. The van der Waals surface area contributed by atoms with Gasteiger partial charge in [0.05, 0.1) is 12.7 Å². The Morgan fingerprint density at radius 2 is 2.00 bits per heavy atom. The van der Waals surface area contributed by atoms with Crippen molar-refractivity contribution in [3.05, 3.63) is 57.8 Å². The second kappa shape index (κ2) is 5.54. The van der Waals surface area contributed by atoms with Gasteiger partial charge >= 0.3 is 0 Å². The number of rotatable bonds is 3. The maximum Gasteiger partial charge on any atom is 0.276 e. The van der Waals surface area contributed by atoms with E-state index in [0.717, 1.165) is 16.2 Å². The van der Waals surface area contributed by atoms with Crippen LogP contribution in [0.25, 0.3) is 6.08 Å². The summed E-state index contributed by atoms with van der Waals surface area (Å²) in [6.45, 7) is 0. The summed E-state index contributed by atoms with van der Waals surface area (Å²) in [6, 6.07) is 11.5. The highest BCUT2D eigenvalue weighted by atomic mass is 32.1. The summed E-state index contributed by atoms with van der Waals surface area (Å²) < 4.78 is 5.16. The molecule has 1 aromatic carbocycles. The molecule has 0 bridgehead atoms. The fourth-order valence-corrected chi connectivity index (χ4v) is 2.79. The number of amides is 1. The van der Waals surface area contributed by atoms with E-state index in [1.165, 1.54) is 5.01 Å². The Hall–Kier alpha value is -2.40. The summed E-state index contributed by atoms with van der Waals surface area (Å²) in [5.74, 6) is 0.690. The zero-order valence-electron chi connectivity index (χ0n) is 11.7. The molecule has 3 rings (SSSR count).